The number of carbonyl (C=O) groups is 1. The molecule has 1 aliphatic heterocycles. The third kappa shape index (κ3) is 3.71. The molecule has 1 amide bonds. The number of halogens is 1. The first-order valence-corrected chi connectivity index (χ1v) is 6.41. The van der Waals surface area contributed by atoms with E-state index in [0.29, 0.717) is 12.6 Å². The lowest BCUT2D eigenvalue weighted by atomic mass is 10.1. The molecule has 4 nitrogen and oxygen atoms in total. The van der Waals surface area contributed by atoms with Crippen LogP contribution in [0.1, 0.15) is 13.8 Å². The van der Waals surface area contributed by atoms with Crippen LogP contribution in [0.15, 0.2) is 12.2 Å². The lowest BCUT2D eigenvalue weighted by molar-refractivity contribution is -0.130. The van der Waals surface area contributed by atoms with Gasteiger partial charge in [-0.25, -0.2) is 3.11 Å². The number of carbonyl (C=O) groups excluding carboxylic acids is 1. The molecule has 92 valence electrons. The van der Waals surface area contributed by atoms with Gasteiger partial charge in [0.05, 0.1) is 6.61 Å². The Morgan fingerprint density at radius 1 is 1.44 bits per heavy atom. The Bertz CT molecular complexity index is 271. The largest absolute Gasteiger partial charge is 0.381 e. The normalized spacial score (nSPS) is 27.6. The third-order valence-electron chi connectivity index (χ3n) is 2.72. The van der Waals surface area contributed by atoms with Gasteiger partial charge in [0, 0.05) is 61.2 Å². The van der Waals surface area contributed by atoms with Gasteiger partial charge < -0.3 is 9.64 Å². The number of methoxy groups -OCH3 is 1. The first-order chi connectivity index (χ1) is 7.56. The summed E-state index contributed by atoms with van der Waals surface area (Å²) in [5.41, 5.74) is 0. The molecule has 0 unspecified atom stereocenters. The lowest BCUT2D eigenvalue weighted by Crippen LogP contribution is -2.54. The van der Waals surface area contributed by atoms with Crippen molar-refractivity contribution in [2.24, 2.45) is 0 Å². The summed E-state index contributed by atoms with van der Waals surface area (Å²) >= 11 is 2.32. The van der Waals surface area contributed by atoms with Gasteiger partial charge in [0.2, 0.25) is 5.91 Å². The topological polar surface area (TPSA) is 32.8 Å². The highest BCUT2D eigenvalue weighted by Gasteiger charge is 2.29. The van der Waals surface area contributed by atoms with E-state index in [2.05, 4.69) is 39.8 Å². The molecule has 1 fully saturated rings. The number of hydrogen-bond donors (Lipinski definition) is 0. The molecule has 2 atom stereocenters. The minimum Gasteiger partial charge on any atom is -0.381 e. The Balaban J connectivity index is 2.55. The summed E-state index contributed by atoms with van der Waals surface area (Å²) in [4.78, 5) is 13.8. The number of piperazine rings is 1. The monoisotopic (exact) mass is 338 g/mol. The van der Waals surface area contributed by atoms with Crippen LogP contribution in [0.25, 0.3) is 0 Å². The number of amides is 1. The van der Waals surface area contributed by atoms with Crippen LogP contribution >= 0.6 is 22.9 Å². The summed E-state index contributed by atoms with van der Waals surface area (Å²) in [6.07, 6.45) is 3.37. The summed E-state index contributed by atoms with van der Waals surface area (Å²) in [5.74, 6) is 0.0842. The molecule has 0 aliphatic carbocycles. The number of rotatable bonds is 3. The van der Waals surface area contributed by atoms with Gasteiger partial charge in [0.1, 0.15) is 0 Å². The fourth-order valence-corrected chi connectivity index (χ4v) is 2.48. The average Bonchev–Trinajstić information content (AvgIpc) is 2.23. The highest BCUT2D eigenvalue weighted by molar-refractivity contribution is 14.1. The Labute approximate surface area is 111 Å². The molecule has 0 spiro atoms. The van der Waals surface area contributed by atoms with E-state index in [0.717, 1.165) is 13.1 Å². The zero-order chi connectivity index (χ0) is 12.1. The quantitative estimate of drug-likeness (QED) is 0.444. The molecule has 1 saturated heterocycles. The summed E-state index contributed by atoms with van der Waals surface area (Å²) < 4.78 is 7.13. The predicted molar refractivity (Wildman–Crippen MR) is 72.4 cm³/mol. The van der Waals surface area contributed by atoms with E-state index < -0.39 is 0 Å². The van der Waals surface area contributed by atoms with E-state index >= 15 is 0 Å². The molecule has 0 aromatic heterocycles. The molecule has 0 N–H and O–H groups in total. The van der Waals surface area contributed by atoms with Crippen molar-refractivity contribution in [1.82, 2.24) is 8.01 Å². The predicted octanol–water partition coefficient (Wildman–Crippen LogP) is 1.46. The Kier molecular flexibility index (Phi) is 5.71. The first kappa shape index (κ1) is 13.9. The average molecular weight is 338 g/mol. The smallest absolute Gasteiger partial charge is 0.246 e. The summed E-state index contributed by atoms with van der Waals surface area (Å²) in [6, 6.07) is 0.685. The van der Waals surface area contributed by atoms with Crippen molar-refractivity contribution in [2.75, 3.05) is 26.8 Å². The molecule has 0 bridgehead atoms. The van der Waals surface area contributed by atoms with Gasteiger partial charge in [-0.15, -0.1) is 0 Å². The molecule has 5 heteroatoms. The summed E-state index contributed by atoms with van der Waals surface area (Å²) in [7, 11) is 1.62. The minimum atomic E-state index is 0.0842. The van der Waals surface area contributed by atoms with Gasteiger partial charge in [-0.2, -0.15) is 0 Å². The zero-order valence-corrected chi connectivity index (χ0v) is 12.2. The second kappa shape index (κ2) is 6.56. The van der Waals surface area contributed by atoms with E-state index in [1.54, 1.807) is 19.3 Å². The maximum atomic E-state index is 11.9. The van der Waals surface area contributed by atoms with Crippen LogP contribution in [-0.4, -0.2) is 52.8 Å². The van der Waals surface area contributed by atoms with Crippen molar-refractivity contribution in [2.45, 2.75) is 25.9 Å². The van der Waals surface area contributed by atoms with Crippen LogP contribution in [0, 0.1) is 0 Å². The van der Waals surface area contributed by atoms with Crippen molar-refractivity contribution in [3.05, 3.63) is 12.2 Å². The van der Waals surface area contributed by atoms with Gasteiger partial charge in [-0.05, 0) is 13.8 Å². The highest BCUT2D eigenvalue weighted by atomic mass is 127. The first-order valence-electron chi connectivity index (χ1n) is 5.44. The second-order valence-electron chi connectivity index (χ2n) is 4.13. The summed E-state index contributed by atoms with van der Waals surface area (Å²) in [5, 5.41) is 0. The number of ether oxygens (including phenoxy) is 1. The number of nitrogens with zero attached hydrogens (tertiary/aromatic N) is 2. The molecule has 1 heterocycles. The van der Waals surface area contributed by atoms with E-state index in [4.69, 9.17) is 4.74 Å². The third-order valence-corrected chi connectivity index (χ3v) is 4.06. The fraction of sp³-hybridized carbons (Fsp3) is 0.727. The molecular formula is C11H19IN2O2. The van der Waals surface area contributed by atoms with E-state index in [9.17, 15) is 4.79 Å². The fourth-order valence-electron chi connectivity index (χ4n) is 1.73. The molecule has 1 rings (SSSR count). The van der Waals surface area contributed by atoms with Crippen LogP contribution < -0.4 is 0 Å². The molecule has 1 aliphatic rings. The van der Waals surface area contributed by atoms with Gasteiger partial charge in [0.15, 0.2) is 0 Å². The SMILES string of the molecule is COC/C=C/C(=O)N1C[C@H](C)N(I)C[C@H]1C. The van der Waals surface area contributed by atoms with Gasteiger partial charge in [-0.1, -0.05) is 6.08 Å². The Hall–Kier alpha value is -0.140. The van der Waals surface area contributed by atoms with Crippen LogP contribution in [0.2, 0.25) is 0 Å². The van der Waals surface area contributed by atoms with E-state index in [1.807, 2.05) is 4.90 Å². The molecule has 16 heavy (non-hydrogen) atoms. The van der Waals surface area contributed by atoms with Crippen molar-refractivity contribution in [1.29, 1.82) is 0 Å². The van der Waals surface area contributed by atoms with E-state index in [1.165, 1.54) is 0 Å². The maximum absolute atomic E-state index is 11.9. The molecule has 0 radical (unpaired) electrons. The van der Waals surface area contributed by atoms with Crippen molar-refractivity contribution < 1.29 is 9.53 Å². The van der Waals surface area contributed by atoms with Crippen LogP contribution in [-0.2, 0) is 9.53 Å². The van der Waals surface area contributed by atoms with Crippen molar-refractivity contribution in [3.63, 3.8) is 0 Å². The van der Waals surface area contributed by atoms with Gasteiger partial charge in [0.25, 0.3) is 0 Å². The molecule has 0 aromatic rings. The van der Waals surface area contributed by atoms with Crippen molar-refractivity contribution in [3.8, 4) is 0 Å². The maximum Gasteiger partial charge on any atom is 0.246 e. The van der Waals surface area contributed by atoms with Crippen LogP contribution in [0.3, 0.4) is 0 Å². The Morgan fingerprint density at radius 2 is 2.12 bits per heavy atom. The molecule has 0 saturated carbocycles. The van der Waals surface area contributed by atoms with Crippen LogP contribution in [0.4, 0.5) is 0 Å². The number of hydrogen-bond acceptors (Lipinski definition) is 3. The van der Waals surface area contributed by atoms with E-state index in [-0.39, 0.29) is 11.9 Å². The standard InChI is InChI=1S/C11H19IN2O2/c1-9-8-14(12)10(2)7-13(9)11(15)5-4-6-16-3/h4-5,9-10H,6-8H2,1-3H3/b5-4+/t9-,10+/m1/s1. The lowest BCUT2D eigenvalue weighted by Gasteiger charge is -2.40. The van der Waals surface area contributed by atoms with Gasteiger partial charge in [-0.3, -0.25) is 4.79 Å². The van der Waals surface area contributed by atoms with Crippen molar-refractivity contribution >= 4 is 28.8 Å². The van der Waals surface area contributed by atoms with Crippen LogP contribution in [0.5, 0.6) is 0 Å². The molecular weight excluding hydrogens is 319 g/mol. The Morgan fingerprint density at radius 3 is 2.75 bits per heavy atom. The minimum absolute atomic E-state index is 0.0842. The summed E-state index contributed by atoms with van der Waals surface area (Å²) in [6.45, 7) is 6.42. The zero-order valence-electron chi connectivity index (χ0n) is 10.0. The van der Waals surface area contributed by atoms with Gasteiger partial charge >= 0.3 is 0 Å². The molecule has 0 aromatic carbocycles. The second-order valence-corrected chi connectivity index (χ2v) is 5.37. The highest BCUT2D eigenvalue weighted by Crippen LogP contribution is 2.18.